The number of hydrogen-bond acceptors (Lipinski definition) is 7. The predicted molar refractivity (Wildman–Crippen MR) is 150 cm³/mol. The molecule has 2 aliphatic heterocycles. The zero-order valence-corrected chi connectivity index (χ0v) is 23.2. The number of hydrogen-bond donors (Lipinski definition) is 0. The van der Waals surface area contributed by atoms with Gasteiger partial charge in [-0.25, -0.2) is 4.39 Å². The molecule has 8 heteroatoms. The van der Waals surface area contributed by atoms with Gasteiger partial charge in [-0.15, -0.1) is 0 Å². The van der Waals surface area contributed by atoms with Crippen molar-refractivity contribution >= 4 is 5.97 Å². The van der Waals surface area contributed by atoms with Crippen molar-refractivity contribution in [1.82, 2.24) is 4.90 Å². The summed E-state index contributed by atoms with van der Waals surface area (Å²) >= 11 is 0. The summed E-state index contributed by atoms with van der Waals surface area (Å²) in [6.45, 7) is 3.39. The van der Waals surface area contributed by atoms with Crippen molar-refractivity contribution in [2.24, 2.45) is 0 Å². The van der Waals surface area contributed by atoms with E-state index in [1.165, 1.54) is 32.4 Å². The van der Waals surface area contributed by atoms with Gasteiger partial charge in [-0.3, -0.25) is 9.69 Å². The number of benzene rings is 3. The Hall–Kier alpha value is -4.09. The number of carbonyl (C=O) groups excluding carboxylic acids is 1. The van der Waals surface area contributed by atoms with E-state index >= 15 is 4.39 Å². The van der Waals surface area contributed by atoms with E-state index in [0.717, 1.165) is 36.3 Å². The Morgan fingerprint density at radius 2 is 1.93 bits per heavy atom. The quantitative estimate of drug-likeness (QED) is 0.290. The van der Waals surface area contributed by atoms with E-state index in [-0.39, 0.29) is 24.1 Å². The molecule has 212 valence electrons. The second-order valence-electron chi connectivity index (χ2n) is 11.0. The molecule has 0 aromatic heterocycles. The highest BCUT2D eigenvalue weighted by atomic mass is 19.1. The van der Waals surface area contributed by atoms with Gasteiger partial charge in [0.25, 0.3) is 0 Å². The van der Waals surface area contributed by atoms with Crippen molar-refractivity contribution in [3.63, 3.8) is 0 Å². The van der Waals surface area contributed by atoms with E-state index in [1.54, 1.807) is 12.1 Å². The van der Waals surface area contributed by atoms with Crippen LogP contribution in [0.4, 0.5) is 4.39 Å². The number of nitriles is 1. The van der Waals surface area contributed by atoms with E-state index in [0.29, 0.717) is 53.6 Å². The van der Waals surface area contributed by atoms with E-state index in [9.17, 15) is 10.1 Å². The molecule has 6 rings (SSSR count). The molecule has 0 spiro atoms. The minimum atomic E-state index is -0.485. The molecule has 0 amide bonds. The van der Waals surface area contributed by atoms with Crippen LogP contribution in [0.2, 0.25) is 0 Å². The normalized spacial score (nSPS) is 19.5. The number of fused-ring (bicyclic) bond motifs is 2. The molecule has 2 heterocycles. The van der Waals surface area contributed by atoms with E-state index in [4.69, 9.17) is 18.9 Å². The first-order valence-corrected chi connectivity index (χ1v) is 14.3. The first-order chi connectivity index (χ1) is 20.0. The highest BCUT2D eigenvalue weighted by Crippen LogP contribution is 2.44. The largest absolute Gasteiger partial charge is 0.492 e. The summed E-state index contributed by atoms with van der Waals surface area (Å²) in [7, 11) is 1.38. The fourth-order valence-electron chi connectivity index (χ4n) is 6.15. The van der Waals surface area contributed by atoms with Gasteiger partial charge in [0.15, 0.2) is 0 Å². The Morgan fingerprint density at radius 1 is 1.10 bits per heavy atom. The number of esters is 1. The van der Waals surface area contributed by atoms with Gasteiger partial charge < -0.3 is 18.9 Å². The zero-order valence-electron chi connectivity index (χ0n) is 23.2. The standard InChI is InChI=1S/C33H33FN2O5/c1-38-32(37)16-23-20-39-31-17-24(6-7-25(23)31)40-30-11-8-26-29(12-9-27(34)33(26)30)41-28-10-5-21(15-22(28)18-35)19-36-13-3-2-4-14-36/h5-7,9-10,12,15,17,23,30H,2-4,8,11,13-14,16,19-20H2,1H3/t23-,30-/m1/s1. The first-order valence-electron chi connectivity index (χ1n) is 14.3. The topological polar surface area (TPSA) is 81.0 Å². The molecule has 0 N–H and O–H groups in total. The molecule has 0 unspecified atom stereocenters. The van der Waals surface area contributed by atoms with Gasteiger partial charge in [-0.2, -0.15) is 5.26 Å². The summed E-state index contributed by atoms with van der Waals surface area (Å²) in [4.78, 5) is 14.1. The van der Waals surface area contributed by atoms with Crippen LogP contribution in [0.1, 0.15) is 71.9 Å². The lowest BCUT2D eigenvalue weighted by atomic mass is 9.98. The second kappa shape index (κ2) is 11.8. The van der Waals surface area contributed by atoms with Gasteiger partial charge >= 0.3 is 5.97 Å². The third-order valence-electron chi connectivity index (χ3n) is 8.26. The molecule has 3 aromatic rings. The van der Waals surface area contributed by atoms with Crippen LogP contribution in [-0.4, -0.2) is 37.7 Å². The van der Waals surface area contributed by atoms with Gasteiger partial charge in [-0.05, 0) is 74.7 Å². The fourth-order valence-corrected chi connectivity index (χ4v) is 6.15. The van der Waals surface area contributed by atoms with Crippen LogP contribution < -0.4 is 14.2 Å². The maximum Gasteiger partial charge on any atom is 0.306 e. The lowest BCUT2D eigenvalue weighted by Gasteiger charge is -2.26. The Labute approximate surface area is 239 Å². The molecule has 3 aliphatic rings. The van der Waals surface area contributed by atoms with Crippen LogP contribution in [0.5, 0.6) is 23.0 Å². The van der Waals surface area contributed by atoms with Gasteiger partial charge in [0.1, 0.15) is 41.0 Å². The Kier molecular flexibility index (Phi) is 7.80. The predicted octanol–water partition coefficient (Wildman–Crippen LogP) is 6.58. The summed E-state index contributed by atoms with van der Waals surface area (Å²) in [5.41, 5.74) is 3.72. The number of methoxy groups -OCH3 is 1. The van der Waals surface area contributed by atoms with Gasteiger partial charge in [-0.1, -0.05) is 18.6 Å². The Bertz CT molecular complexity index is 1490. The van der Waals surface area contributed by atoms with Crippen LogP contribution in [0, 0.1) is 17.1 Å². The number of likely N-dealkylation sites (tertiary alicyclic amines) is 1. The second-order valence-corrected chi connectivity index (χ2v) is 11.0. The highest BCUT2D eigenvalue weighted by molar-refractivity contribution is 5.71. The maximum atomic E-state index is 15.1. The van der Waals surface area contributed by atoms with Crippen molar-refractivity contribution in [1.29, 1.82) is 5.26 Å². The molecule has 3 aromatic carbocycles. The third-order valence-corrected chi connectivity index (χ3v) is 8.26. The van der Waals surface area contributed by atoms with Crippen molar-refractivity contribution in [3.05, 3.63) is 82.2 Å². The van der Waals surface area contributed by atoms with Crippen LogP contribution >= 0.6 is 0 Å². The van der Waals surface area contributed by atoms with E-state index < -0.39 is 6.10 Å². The molecule has 0 saturated carbocycles. The Morgan fingerprint density at radius 3 is 2.73 bits per heavy atom. The van der Waals surface area contributed by atoms with Crippen molar-refractivity contribution in [3.8, 4) is 29.1 Å². The Balaban J connectivity index is 1.18. The number of halogens is 1. The van der Waals surface area contributed by atoms with Crippen molar-refractivity contribution in [2.45, 2.75) is 57.1 Å². The van der Waals surface area contributed by atoms with E-state index in [1.807, 2.05) is 30.3 Å². The molecule has 1 saturated heterocycles. The molecule has 2 atom stereocenters. The van der Waals surface area contributed by atoms with E-state index in [2.05, 4.69) is 11.0 Å². The molecule has 7 nitrogen and oxygen atoms in total. The summed E-state index contributed by atoms with van der Waals surface area (Å²) in [5.74, 6) is 1.55. The van der Waals surface area contributed by atoms with Crippen molar-refractivity contribution in [2.75, 3.05) is 26.8 Å². The van der Waals surface area contributed by atoms with Gasteiger partial charge in [0.2, 0.25) is 0 Å². The van der Waals surface area contributed by atoms with Crippen LogP contribution in [0.3, 0.4) is 0 Å². The summed E-state index contributed by atoms with van der Waals surface area (Å²) < 4.78 is 38.2. The number of rotatable bonds is 8. The lowest BCUT2D eigenvalue weighted by molar-refractivity contribution is -0.141. The molecular formula is C33H33FN2O5. The molecule has 1 aliphatic carbocycles. The van der Waals surface area contributed by atoms with Crippen LogP contribution in [0.15, 0.2) is 48.5 Å². The number of nitrogens with zero attached hydrogens (tertiary/aromatic N) is 2. The molecule has 0 radical (unpaired) electrons. The molecule has 0 bridgehead atoms. The summed E-state index contributed by atoms with van der Waals surface area (Å²) in [6, 6.07) is 16.6. The fraction of sp³-hybridized carbons (Fsp3) is 0.394. The number of piperidine rings is 1. The lowest BCUT2D eigenvalue weighted by Crippen LogP contribution is -2.29. The smallest absolute Gasteiger partial charge is 0.306 e. The zero-order chi connectivity index (χ0) is 28.3. The monoisotopic (exact) mass is 556 g/mol. The van der Waals surface area contributed by atoms with Gasteiger partial charge in [0.05, 0.1) is 25.7 Å². The minimum Gasteiger partial charge on any atom is -0.492 e. The van der Waals surface area contributed by atoms with Gasteiger partial charge in [0, 0.05) is 35.2 Å². The van der Waals surface area contributed by atoms with Crippen LogP contribution in [0.25, 0.3) is 0 Å². The average Bonchev–Trinajstić information content (AvgIpc) is 3.60. The molecular weight excluding hydrogens is 523 g/mol. The number of ether oxygens (including phenoxy) is 4. The molecule has 41 heavy (non-hydrogen) atoms. The summed E-state index contributed by atoms with van der Waals surface area (Å²) in [6.07, 6.45) is 4.65. The third kappa shape index (κ3) is 5.73. The highest BCUT2D eigenvalue weighted by Gasteiger charge is 2.32. The maximum absolute atomic E-state index is 15.1. The number of carbonyl (C=O) groups is 1. The minimum absolute atomic E-state index is 0.0620. The first kappa shape index (κ1) is 27.1. The van der Waals surface area contributed by atoms with Crippen LogP contribution in [-0.2, 0) is 22.5 Å². The SMILES string of the molecule is COC(=O)C[C@@H]1COc2cc(O[C@@H]3CCc4c(Oc5ccc(CN6CCCCC6)cc5C#N)ccc(F)c43)ccc21. The molecule has 1 fully saturated rings. The summed E-state index contributed by atoms with van der Waals surface area (Å²) in [5, 5.41) is 9.85. The van der Waals surface area contributed by atoms with Crippen molar-refractivity contribution < 1.29 is 28.1 Å². The average molecular weight is 557 g/mol.